The molecule has 0 spiro atoms. The van der Waals surface area contributed by atoms with E-state index >= 15 is 9.18 Å². The van der Waals surface area contributed by atoms with Crippen LogP contribution in [-0.4, -0.2) is 70.8 Å². The summed E-state index contributed by atoms with van der Waals surface area (Å²) in [7, 11) is 3.12. The number of amides is 1. The lowest BCUT2D eigenvalue weighted by molar-refractivity contribution is -0.178. The summed E-state index contributed by atoms with van der Waals surface area (Å²) < 4.78 is 32.6. The van der Waals surface area contributed by atoms with E-state index in [0.717, 1.165) is 16.7 Å². The fraction of sp³-hybridized carbons (Fsp3) is 0.531. The van der Waals surface area contributed by atoms with Crippen molar-refractivity contribution < 1.29 is 43.2 Å². The van der Waals surface area contributed by atoms with Crippen LogP contribution in [0.5, 0.6) is 11.5 Å². The Hall–Kier alpha value is -4.25. The topological polar surface area (TPSA) is 123 Å². The van der Waals surface area contributed by atoms with Crippen molar-refractivity contribution >= 4 is 29.3 Å². The molecule has 322 valence electrons. The SMILES string of the molecule is COc1ccc(CN(CC2(O)CCC3c4ccc(cc4C(=O)Cc4c(F)cccc4Cl)CC(O)CCC(C)=CCCC32C)C(=O)C23CCC(C)(C(=O)O2)C3(C)C)c(OC)c1. The Balaban J connectivity index is 1.34. The molecular formula is C49H59ClFNO8. The predicted octanol–water partition coefficient (Wildman–Crippen LogP) is 9.11. The normalized spacial score (nSPS) is 29.6. The van der Waals surface area contributed by atoms with E-state index in [1.807, 2.05) is 45.0 Å². The third-order valence-electron chi connectivity index (χ3n) is 15.4. The van der Waals surface area contributed by atoms with Crippen LogP contribution in [0.1, 0.15) is 125 Å². The number of hydrogen-bond donors (Lipinski definition) is 2. The molecule has 8 rings (SSSR count). The number of halogens is 2. The van der Waals surface area contributed by atoms with Gasteiger partial charge in [0.1, 0.15) is 17.3 Å². The van der Waals surface area contributed by atoms with E-state index in [0.29, 0.717) is 80.4 Å². The average Bonchev–Trinajstić information content (AvgIpc) is 3.65. The first-order valence-electron chi connectivity index (χ1n) is 21.2. The summed E-state index contributed by atoms with van der Waals surface area (Å²) in [6.45, 7) is 9.82. The first-order valence-corrected chi connectivity index (χ1v) is 21.6. The second-order valence-corrected chi connectivity index (χ2v) is 19.2. The summed E-state index contributed by atoms with van der Waals surface area (Å²) in [4.78, 5) is 45.1. The van der Waals surface area contributed by atoms with Gasteiger partial charge in [0.2, 0.25) is 0 Å². The summed E-state index contributed by atoms with van der Waals surface area (Å²) in [6, 6.07) is 15.5. The number of rotatable bonds is 10. The first kappa shape index (κ1) is 43.8. The molecule has 1 amide bonds. The molecule has 6 atom stereocenters. The van der Waals surface area contributed by atoms with Gasteiger partial charge in [0.25, 0.3) is 5.91 Å². The molecule has 1 heterocycles. The van der Waals surface area contributed by atoms with Crippen molar-refractivity contribution in [2.45, 2.75) is 129 Å². The highest BCUT2D eigenvalue weighted by Gasteiger charge is 2.76. The maximum Gasteiger partial charge on any atom is 0.313 e. The molecule has 2 saturated carbocycles. The molecule has 0 aromatic heterocycles. The van der Waals surface area contributed by atoms with Crippen molar-refractivity contribution in [2.75, 3.05) is 20.8 Å². The van der Waals surface area contributed by atoms with Gasteiger partial charge >= 0.3 is 5.97 Å². The Morgan fingerprint density at radius 2 is 1.75 bits per heavy atom. The van der Waals surface area contributed by atoms with Crippen molar-refractivity contribution in [3.63, 3.8) is 0 Å². The molecule has 4 aliphatic carbocycles. The zero-order valence-corrected chi connectivity index (χ0v) is 36.7. The third-order valence-corrected chi connectivity index (χ3v) is 15.7. The van der Waals surface area contributed by atoms with Crippen molar-refractivity contribution in [3.8, 4) is 11.5 Å². The number of aliphatic hydroxyl groups excluding tert-OH is 1. The van der Waals surface area contributed by atoms with E-state index in [1.165, 1.54) is 12.1 Å². The lowest BCUT2D eigenvalue weighted by Gasteiger charge is -2.47. The van der Waals surface area contributed by atoms with E-state index in [2.05, 4.69) is 19.9 Å². The Morgan fingerprint density at radius 3 is 2.42 bits per heavy atom. The monoisotopic (exact) mass is 843 g/mol. The number of carbonyl (C=O) groups is 3. The number of methoxy groups -OCH3 is 2. The zero-order valence-electron chi connectivity index (χ0n) is 36.0. The second-order valence-electron chi connectivity index (χ2n) is 18.8. The Kier molecular flexibility index (Phi) is 11.8. The molecule has 0 radical (unpaired) electrons. The van der Waals surface area contributed by atoms with Gasteiger partial charge in [-0.1, -0.05) is 62.2 Å². The van der Waals surface area contributed by atoms with Gasteiger partial charge in [0.05, 0.1) is 37.9 Å². The van der Waals surface area contributed by atoms with E-state index in [4.69, 9.17) is 25.8 Å². The maximum absolute atomic E-state index is 15.4. The van der Waals surface area contributed by atoms with Gasteiger partial charge in [0.15, 0.2) is 11.4 Å². The van der Waals surface area contributed by atoms with E-state index < -0.39 is 45.3 Å². The van der Waals surface area contributed by atoms with Crippen molar-refractivity contribution in [3.05, 3.63) is 105 Å². The number of aliphatic hydroxyl groups is 2. The van der Waals surface area contributed by atoms with Gasteiger partial charge < -0.3 is 29.3 Å². The molecule has 3 aromatic rings. The largest absolute Gasteiger partial charge is 0.497 e. The number of nitrogens with zero attached hydrogens (tertiary/aromatic N) is 1. The standard InChI is InChI=1S/C49H59ClFNO8/c1-30-10-9-20-46(4)38(35-18-14-31(24-33(53)16-13-30)25-36(35)41(54)27-37-39(50)11-8-12-40(37)51)19-21-48(46,57)29-52(28-32-15-17-34(58-6)26-42(32)59-7)43(55)49-23-22-47(5,44(56)60-49)45(49,2)3/h8,10-12,14-15,17-18,25-26,33,38,53,57H,9,13,16,19-24,27-29H2,1-7H3. The maximum atomic E-state index is 15.4. The van der Waals surface area contributed by atoms with Crippen LogP contribution in [0.4, 0.5) is 4.39 Å². The lowest BCUT2D eigenvalue weighted by Crippen LogP contribution is -2.60. The zero-order chi connectivity index (χ0) is 43.4. The van der Waals surface area contributed by atoms with Crippen LogP contribution >= 0.6 is 11.6 Å². The molecule has 3 fully saturated rings. The highest BCUT2D eigenvalue weighted by molar-refractivity contribution is 6.31. The Morgan fingerprint density at radius 1 is 0.983 bits per heavy atom. The predicted molar refractivity (Wildman–Crippen MR) is 228 cm³/mol. The number of Topliss-reactive ketones (excluding diaryl/α,β-unsaturated/α-hetero) is 1. The molecular weight excluding hydrogens is 785 g/mol. The van der Waals surface area contributed by atoms with Crippen molar-refractivity contribution in [2.24, 2.45) is 16.2 Å². The fourth-order valence-corrected chi connectivity index (χ4v) is 11.1. The highest BCUT2D eigenvalue weighted by Crippen LogP contribution is 2.66. The van der Waals surface area contributed by atoms with Crippen LogP contribution in [0.3, 0.4) is 0 Å². The van der Waals surface area contributed by atoms with E-state index in [9.17, 15) is 19.8 Å². The number of hydrogen-bond acceptors (Lipinski definition) is 8. The number of allylic oxidation sites excluding steroid dienone is 2. The van der Waals surface area contributed by atoms with Crippen LogP contribution in [0.2, 0.25) is 5.02 Å². The summed E-state index contributed by atoms with van der Waals surface area (Å²) in [5.74, 6) is -0.894. The van der Waals surface area contributed by atoms with Crippen LogP contribution in [-0.2, 0) is 33.7 Å². The molecule has 3 aromatic carbocycles. The lowest BCUT2D eigenvalue weighted by atomic mass is 9.64. The molecule has 9 nitrogen and oxygen atoms in total. The summed E-state index contributed by atoms with van der Waals surface area (Å²) >= 11 is 6.44. The molecule has 5 aliphatic rings. The molecule has 4 bridgehead atoms. The number of fused-ring (bicyclic) bond motifs is 10. The van der Waals surface area contributed by atoms with Crippen molar-refractivity contribution in [1.29, 1.82) is 0 Å². The molecule has 11 heteroatoms. The molecule has 6 unspecified atom stereocenters. The number of ketones is 1. The number of esters is 1. The molecule has 60 heavy (non-hydrogen) atoms. The van der Waals surface area contributed by atoms with Crippen LogP contribution in [0, 0.1) is 22.1 Å². The van der Waals surface area contributed by atoms with E-state index in [1.54, 1.807) is 37.3 Å². The van der Waals surface area contributed by atoms with Crippen LogP contribution < -0.4 is 9.47 Å². The minimum Gasteiger partial charge on any atom is -0.497 e. The van der Waals surface area contributed by atoms with Gasteiger partial charge in [-0.2, -0.15) is 0 Å². The minimum atomic E-state index is -1.48. The molecule has 1 saturated heterocycles. The molecule has 1 aliphatic heterocycles. The van der Waals surface area contributed by atoms with Gasteiger partial charge in [-0.15, -0.1) is 0 Å². The fourth-order valence-electron chi connectivity index (χ4n) is 10.9. The Bertz CT molecular complexity index is 2200. The first-order chi connectivity index (χ1) is 28.3. The summed E-state index contributed by atoms with van der Waals surface area (Å²) in [6.07, 6.45) is 5.63. The molecule has 2 N–H and O–H groups in total. The highest BCUT2D eigenvalue weighted by atomic mass is 35.5. The number of ether oxygens (including phenoxy) is 3. The third kappa shape index (κ3) is 7.24. The Labute approximate surface area is 358 Å². The van der Waals surface area contributed by atoms with Crippen molar-refractivity contribution in [1.82, 2.24) is 4.90 Å². The summed E-state index contributed by atoms with van der Waals surface area (Å²) in [5, 5.41) is 24.6. The van der Waals surface area contributed by atoms with Crippen LogP contribution in [0.15, 0.2) is 66.2 Å². The van der Waals surface area contributed by atoms with Crippen LogP contribution in [0.25, 0.3) is 0 Å². The average molecular weight is 844 g/mol. The summed E-state index contributed by atoms with van der Waals surface area (Å²) in [5.41, 5.74) is -1.65. The second kappa shape index (κ2) is 16.2. The van der Waals surface area contributed by atoms with Gasteiger partial charge in [0, 0.05) is 51.6 Å². The minimum absolute atomic E-state index is 0.0598. The number of carbonyl (C=O) groups excluding carboxylic acids is 3. The quantitative estimate of drug-likeness (QED) is 0.118. The van der Waals surface area contributed by atoms with Gasteiger partial charge in [-0.3, -0.25) is 14.4 Å². The van der Waals surface area contributed by atoms with Gasteiger partial charge in [-0.05, 0) is 119 Å². The number of benzene rings is 3. The smallest absolute Gasteiger partial charge is 0.313 e. The van der Waals surface area contributed by atoms with Gasteiger partial charge in [-0.25, -0.2) is 4.39 Å². The van der Waals surface area contributed by atoms with E-state index in [-0.39, 0.29) is 47.7 Å².